The summed E-state index contributed by atoms with van der Waals surface area (Å²) in [6, 6.07) is 0. The first-order chi connectivity index (χ1) is 10.2. The molecule has 0 spiro atoms. The lowest BCUT2D eigenvalue weighted by molar-refractivity contribution is 0.0380. The zero-order valence-corrected chi connectivity index (χ0v) is 13.1. The Labute approximate surface area is 127 Å². The van der Waals surface area contributed by atoms with Crippen LogP contribution in [-0.4, -0.2) is 27.2 Å². The van der Waals surface area contributed by atoms with Gasteiger partial charge in [-0.15, -0.1) is 0 Å². The Morgan fingerprint density at radius 1 is 1.00 bits per heavy atom. The maximum atomic E-state index is 10.8. The largest absolute Gasteiger partial charge is 0.388 e. The normalized spacial score (nSPS) is 21.4. The Bertz CT molecular complexity index is 493. The Balaban J connectivity index is 1.74. The van der Waals surface area contributed by atoms with Crippen LogP contribution in [0.15, 0.2) is 0 Å². The molecule has 0 aliphatic heterocycles. The van der Waals surface area contributed by atoms with E-state index in [2.05, 4.69) is 15.3 Å². The van der Waals surface area contributed by atoms with Crippen LogP contribution >= 0.6 is 0 Å². The van der Waals surface area contributed by atoms with Crippen LogP contribution in [0, 0.1) is 6.92 Å². The zero-order chi connectivity index (χ0) is 14.7. The number of anilines is 1. The van der Waals surface area contributed by atoms with E-state index in [0.29, 0.717) is 6.54 Å². The molecule has 0 aromatic carbocycles. The molecule has 0 saturated heterocycles. The lowest BCUT2D eigenvalue weighted by Gasteiger charge is -2.28. The van der Waals surface area contributed by atoms with Crippen LogP contribution < -0.4 is 5.32 Å². The third-order valence-corrected chi connectivity index (χ3v) is 4.91. The first kappa shape index (κ1) is 14.8. The molecule has 1 saturated carbocycles. The molecule has 1 fully saturated rings. The average Bonchev–Trinajstić information content (AvgIpc) is 2.70. The maximum Gasteiger partial charge on any atom is 0.133 e. The zero-order valence-electron chi connectivity index (χ0n) is 13.1. The van der Waals surface area contributed by atoms with Gasteiger partial charge in [0.05, 0.1) is 5.60 Å². The van der Waals surface area contributed by atoms with Gasteiger partial charge in [-0.25, -0.2) is 9.97 Å². The van der Waals surface area contributed by atoms with Gasteiger partial charge in [-0.2, -0.15) is 0 Å². The van der Waals surface area contributed by atoms with Gasteiger partial charge in [0.25, 0.3) is 0 Å². The summed E-state index contributed by atoms with van der Waals surface area (Å²) in [5.74, 6) is 1.81. The molecule has 1 aromatic rings. The minimum Gasteiger partial charge on any atom is -0.388 e. The Morgan fingerprint density at radius 3 is 2.48 bits per heavy atom. The number of aromatic nitrogens is 2. The van der Waals surface area contributed by atoms with Crippen LogP contribution in [-0.2, 0) is 12.8 Å². The van der Waals surface area contributed by atoms with E-state index in [1.165, 1.54) is 36.9 Å². The van der Waals surface area contributed by atoms with Crippen LogP contribution in [0.25, 0.3) is 0 Å². The molecular weight excluding hydrogens is 262 g/mol. The monoisotopic (exact) mass is 289 g/mol. The van der Waals surface area contributed by atoms with Gasteiger partial charge >= 0.3 is 0 Å². The van der Waals surface area contributed by atoms with E-state index in [9.17, 15) is 5.11 Å². The molecule has 4 nitrogen and oxygen atoms in total. The molecule has 21 heavy (non-hydrogen) atoms. The minimum absolute atomic E-state index is 0.559. The molecule has 4 heteroatoms. The van der Waals surface area contributed by atoms with Crippen molar-refractivity contribution in [3.63, 3.8) is 0 Å². The highest BCUT2D eigenvalue weighted by atomic mass is 16.3. The molecule has 0 bridgehead atoms. The van der Waals surface area contributed by atoms with Crippen molar-refractivity contribution in [3.8, 4) is 0 Å². The van der Waals surface area contributed by atoms with Gasteiger partial charge in [-0.3, -0.25) is 0 Å². The van der Waals surface area contributed by atoms with Crippen molar-refractivity contribution in [2.45, 2.75) is 76.7 Å². The second kappa shape index (κ2) is 6.30. The standard InChI is InChI=1S/C17H27N3O/c1-13-19-15-9-5-4-8-14(15)16(20-13)18-12-17(21)10-6-2-3-7-11-17/h21H,2-12H2,1H3,(H,18,19,20). The second-order valence-electron chi connectivity index (χ2n) is 6.74. The Hall–Kier alpha value is -1.16. The van der Waals surface area contributed by atoms with Crippen molar-refractivity contribution < 1.29 is 5.11 Å². The fourth-order valence-electron chi connectivity index (χ4n) is 3.68. The van der Waals surface area contributed by atoms with Crippen molar-refractivity contribution >= 4 is 5.82 Å². The molecule has 116 valence electrons. The summed E-state index contributed by atoms with van der Waals surface area (Å²) < 4.78 is 0. The first-order valence-electron chi connectivity index (χ1n) is 8.49. The molecule has 2 N–H and O–H groups in total. The fraction of sp³-hybridized carbons (Fsp3) is 0.765. The number of aliphatic hydroxyl groups is 1. The summed E-state index contributed by atoms with van der Waals surface area (Å²) >= 11 is 0. The molecular formula is C17H27N3O. The number of rotatable bonds is 3. The van der Waals surface area contributed by atoms with E-state index in [4.69, 9.17) is 0 Å². The molecule has 0 amide bonds. The summed E-state index contributed by atoms with van der Waals surface area (Å²) in [5.41, 5.74) is 1.94. The number of nitrogens with one attached hydrogen (secondary N) is 1. The SMILES string of the molecule is Cc1nc2c(c(NCC3(O)CCCCCC3)n1)CCCC2. The highest BCUT2D eigenvalue weighted by Gasteiger charge is 2.28. The van der Waals surface area contributed by atoms with Crippen LogP contribution in [0.4, 0.5) is 5.82 Å². The maximum absolute atomic E-state index is 10.8. The molecule has 0 atom stereocenters. The van der Waals surface area contributed by atoms with Crippen LogP contribution in [0.1, 0.15) is 68.4 Å². The number of hydrogen-bond donors (Lipinski definition) is 2. The van der Waals surface area contributed by atoms with E-state index in [0.717, 1.165) is 50.2 Å². The average molecular weight is 289 g/mol. The third kappa shape index (κ3) is 3.54. The first-order valence-corrected chi connectivity index (χ1v) is 8.49. The molecule has 2 aliphatic rings. The van der Waals surface area contributed by atoms with Gasteiger partial charge < -0.3 is 10.4 Å². The highest BCUT2D eigenvalue weighted by molar-refractivity contribution is 5.48. The number of nitrogens with zero attached hydrogens (tertiary/aromatic N) is 2. The van der Waals surface area contributed by atoms with Crippen molar-refractivity contribution in [1.82, 2.24) is 9.97 Å². The van der Waals surface area contributed by atoms with Crippen LogP contribution in [0.2, 0.25) is 0 Å². The van der Waals surface area contributed by atoms with Gasteiger partial charge in [0.1, 0.15) is 11.6 Å². The molecule has 2 aliphatic carbocycles. The van der Waals surface area contributed by atoms with Crippen molar-refractivity contribution in [3.05, 3.63) is 17.1 Å². The molecule has 3 rings (SSSR count). The lowest BCUT2D eigenvalue weighted by atomic mass is 9.93. The highest BCUT2D eigenvalue weighted by Crippen LogP contribution is 2.29. The smallest absolute Gasteiger partial charge is 0.133 e. The summed E-state index contributed by atoms with van der Waals surface area (Å²) in [6.45, 7) is 2.58. The van der Waals surface area contributed by atoms with Gasteiger partial charge in [0.2, 0.25) is 0 Å². The van der Waals surface area contributed by atoms with Gasteiger partial charge in [0.15, 0.2) is 0 Å². The van der Waals surface area contributed by atoms with Gasteiger partial charge in [-0.05, 0) is 45.4 Å². The van der Waals surface area contributed by atoms with E-state index in [-0.39, 0.29) is 0 Å². The minimum atomic E-state index is -0.559. The van der Waals surface area contributed by atoms with E-state index < -0.39 is 5.60 Å². The van der Waals surface area contributed by atoms with Crippen molar-refractivity contribution in [2.75, 3.05) is 11.9 Å². The number of aryl methyl sites for hydroxylation is 2. The Kier molecular flexibility index (Phi) is 4.43. The lowest BCUT2D eigenvalue weighted by Crippen LogP contribution is -2.37. The summed E-state index contributed by atoms with van der Waals surface area (Å²) in [6.07, 6.45) is 11.2. The van der Waals surface area contributed by atoms with Gasteiger partial charge in [-0.1, -0.05) is 25.7 Å². The van der Waals surface area contributed by atoms with E-state index in [1.807, 2.05) is 6.92 Å². The molecule has 1 heterocycles. The third-order valence-electron chi connectivity index (χ3n) is 4.91. The molecule has 0 unspecified atom stereocenters. The van der Waals surface area contributed by atoms with E-state index in [1.54, 1.807) is 0 Å². The fourth-order valence-corrected chi connectivity index (χ4v) is 3.68. The van der Waals surface area contributed by atoms with Crippen molar-refractivity contribution in [1.29, 1.82) is 0 Å². The summed E-state index contributed by atoms with van der Waals surface area (Å²) in [7, 11) is 0. The second-order valence-corrected chi connectivity index (χ2v) is 6.74. The molecule has 0 radical (unpaired) electrons. The number of fused-ring (bicyclic) bond motifs is 1. The predicted octanol–water partition coefficient (Wildman–Crippen LogP) is 3.16. The van der Waals surface area contributed by atoms with Gasteiger partial charge in [0, 0.05) is 17.8 Å². The Morgan fingerprint density at radius 2 is 1.71 bits per heavy atom. The quantitative estimate of drug-likeness (QED) is 0.839. The van der Waals surface area contributed by atoms with Crippen LogP contribution in [0.3, 0.4) is 0 Å². The van der Waals surface area contributed by atoms with E-state index >= 15 is 0 Å². The summed E-state index contributed by atoms with van der Waals surface area (Å²) in [5, 5.41) is 14.2. The number of hydrogen-bond acceptors (Lipinski definition) is 4. The topological polar surface area (TPSA) is 58.0 Å². The van der Waals surface area contributed by atoms with Crippen LogP contribution in [0.5, 0.6) is 0 Å². The molecule has 1 aromatic heterocycles. The predicted molar refractivity (Wildman–Crippen MR) is 84.6 cm³/mol. The van der Waals surface area contributed by atoms with Crippen molar-refractivity contribution in [2.24, 2.45) is 0 Å². The summed E-state index contributed by atoms with van der Waals surface area (Å²) in [4.78, 5) is 9.18.